The van der Waals surface area contributed by atoms with E-state index in [-0.39, 0.29) is 6.79 Å². The molecule has 5 nitrogen and oxygen atoms in total. The molecule has 0 amide bonds. The van der Waals surface area contributed by atoms with Crippen molar-refractivity contribution in [2.75, 3.05) is 33.5 Å². The maximum absolute atomic E-state index is 10.2. The first-order chi connectivity index (χ1) is 10.2. The van der Waals surface area contributed by atoms with Crippen LogP contribution in [0.15, 0.2) is 12.1 Å². The van der Waals surface area contributed by atoms with Gasteiger partial charge in [-0.1, -0.05) is 6.92 Å². The molecular weight excluding hydrogens is 268 g/mol. The first-order valence-electron chi connectivity index (χ1n) is 7.71. The second-order valence-electron chi connectivity index (χ2n) is 5.98. The molecule has 2 aliphatic heterocycles. The summed E-state index contributed by atoms with van der Waals surface area (Å²) in [4.78, 5) is 4.87. The average molecular weight is 292 g/mol. The molecule has 0 bridgehead atoms. The van der Waals surface area contributed by atoms with Crippen LogP contribution in [-0.4, -0.2) is 54.4 Å². The first kappa shape index (κ1) is 14.5. The van der Waals surface area contributed by atoms with Crippen LogP contribution in [0.2, 0.25) is 0 Å². The molecule has 0 saturated carbocycles. The summed E-state index contributed by atoms with van der Waals surface area (Å²) in [5, 5.41) is 10.2. The molecule has 116 valence electrons. The third-order valence-electron chi connectivity index (χ3n) is 4.44. The third-order valence-corrected chi connectivity index (χ3v) is 4.44. The number of phenolic OH excluding ortho intramolecular Hbond substituents is 1. The minimum Gasteiger partial charge on any atom is -0.507 e. The van der Waals surface area contributed by atoms with Crippen molar-refractivity contribution in [2.24, 2.45) is 0 Å². The number of aromatic hydroxyl groups is 1. The Morgan fingerprint density at radius 3 is 2.76 bits per heavy atom. The number of nitrogens with zero attached hydrogens (tertiary/aromatic N) is 2. The van der Waals surface area contributed by atoms with E-state index in [0.717, 1.165) is 50.3 Å². The molecular formula is C16H24N2O3. The van der Waals surface area contributed by atoms with E-state index in [1.807, 2.05) is 6.07 Å². The Morgan fingerprint density at radius 2 is 2.00 bits per heavy atom. The topological polar surface area (TPSA) is 45.2 Å². The quantitative estimate of drug-likeness (QED) is 0.923. The molecule has 1 aromatic carbocycles. The second kappa shape index (κ2) is 6.12. The summed E-state index contributed by atoms with van der Waals surface area (Å²) in [6.45, 7) is 6.52. The molecule has 5 heteroatoms. The van der Waals surface area contributed by atoms with Gasteiger partial charge in [-0.25, -0.2) is 0 Å². The van der Waals surface area contributed by atoms with Crippen LogP contribution in [0.4, 0.5) is 0 Å². The van der Waals surface area contributed by atoms with E-state index in [1.165, 1.54) is 0 Å². The highest BCUT2D eigenvalue weighted by Gasteiger charge is 2.24. The van der Waals surface area contributed by atoms with Crippen LogP contribution in [0, 0.1) is 0 Å². The summed E-state index contributed by atoms with van der Waals surface area (Å²) < 4.78 is 10.7. The van der Waals surface area contributed by atoms with Gasteiger partial charge in [-0.05, 0) is 32.5 Å². The molecule has 1 aromatic rings. The van der Waals surface area contributed by atoms with Crippen molar-refractivity contribution >= 4 is 0 Å². The average Bonchev–Trinajstić information content (AvgIpc) is 2.82. The normalized spacial score (nSPS) is 23.2. The van der Waals surface area contributed by atoms with Crippen LogP contribution in [0.3, 0.4) is 0 Å². The standard InChI is InChI=1S/C16H24N2O3/c1-3-13-10-17(2)5-4-6-18(13)9-12-7-15-16(8-14(12)19)21-11-20-15/h7-8,13,19H,3-6,9-11H2,1-2H3. The number of hydrogen-bond donors (Lipinski definition) is 1. The fourth-order valence-corrected chi connectivity index (χ4v) is 3.21. The monoisotopic (exact) mass is 292 g/mol. The Bertz CT molecular complexity index is 507. The second-order valence-corrected chi connectivity index (χ2v) is 5.98. The van der Waals surface area contributed by atoms with Gasteiger partial charge in [0.2, 0.25) is 6.79 Å². The molecule has 2 aliphatic rings. The van der Waals surface area contributed by atoms with Gasteiger partial charge in [0.1, 0.15) is 5.75 Å². The molecule has 1 saturated heterocycles. The Labute approximate surface area is 126 Å². The highest BCUT2D eigenvalue weighted by molar-refractivity contribution is 5.51. The van der Waals surface area contributed by atoms with Crippen molar-refractivity contribution in [1.29, 1.82) is 0 Å². The van der Waals surface area contributed by atoms with Crippen LogP contribution in [0.25, 0.3) is 0 Å². The molecule has 1 fully saturated rings. The lowest BCUT2D eigenvalue weighted by Gasteiger charge is -2.30. The van der Waals surface area contributed by atoms with Gasteiger partial charge < -0.3 is 19.5 Å². The lowest BCUT2D eigenvalue weighted by atomic mass is 10.1. The number of fused-ring (bicyclic) bond motifs is 1. The van der Waals surface area contributed by atoms with Gasteiger partial charge in [-0.15, -0.1) is 0 Å². The van der Waals surface area contributed by atoms with E-state index in [4.69, 9.17) is 9.47 Å². The van der Waals surface area contributed by atoms with Crippen molar-refractivity contribution in [3.8, 4) is 17.2 Å². The number of ether oxygens (including phenoxy) is 2. The van der Waals surface area contributed by atoms with Crippen LogP contribution in [-0.2, 0) is 6.54 Å². The molecule has 1 atom stereocenters. The van der Waals surface area contributed by atoms with E-state index in [9.17, 15) is 5.11 Å². The smallest absolute Gasteiger partial charge is 0.231 e. The Kier molecular flexibility index (Phi) is 4.22. The number of phenols is 1. The van der Waals surface area contributed by atoms with E-state index in [2.05, 4.69) is 23.8 Å². The van der Waals surface area contributed by atoms with Gasteiger partial charge in [0.25, 0.3) is 0 Å². The van der Waals surface area contributed by atoms with E-state index >= 15 is 0 Å². The summed E-state index contributed by atoms with van der Waals surface area (Å²) in [5.41, 5.74) is 0.919. The Morgan fingerprint density at radius 1 is 1.24 bits per heavy atom. The van der Waals surface area contributed by atoms with Crippen LogP contribution in [0.5, 0.6) is 17.2 Å². The van der Waals surface area contributed by atoms with Gasteiger partial charge in [0.15, 0.2) is 11.5 Å². The fraction of sp³-hybridized carbons (Fsp3) is 0.625. The first-order valence-corrected chi connectivity index (χ1v) is 7.71. The van der Waals surface area contributed by atoms with Crippen molar-refractivity contribution in [1.82, 2.24) is 9.80 Å². The Balaban J connectivity index is 1.78. The summed E-state index contributed by atoms with van der Waals surface area (Å²) in [6, 6.07) is 4.11. The number of likely N-dealkylation sites (N-methyl/N-ethyl adjacent to an activating group) is 1. The largest absolute Gasteiger partial charge is 0.507 e. The zero-order valence-corrected chi connectivity index (χ0v) is 12.8. The number of hydrogen-bond acceptors (Lipinski definition) is 5. The summed E-state index contributed by atoms with van der Waals surface area (Å²) in [6.07, 6.45) is 2.29. The highest BCUT2D eigenvalue weighted by Crippen LogP contribution is 2.38. The molecule has 1 N–H and O–H groups in total. The number of rotatable bonds is 3. The van der Waals surface area contributed by atoms with Crippen LogP contribution in [0.1, 0.15) is 25.3 Å². The highest BCUT2D eigenvalue weighted by atomic mass is 16.7. The molecule has 0 spiro atoms. The van der Waals surface area contributed by atoms with E-state index < -0.39 is 0 Å². The predicted octanol–water partition coefficient (Wildman–Crippen LogP) is 2.04. The van der Waals surface area contributed by atoms with Gasteiger partial charge in [0.05, 0.1) is 0 Å². The van der Waals surface area contributed by atoms with Crippen LogP contribution >= 0.6 is 0 Å². The van der Waals surface area contributed by atoms with Gasteiger partial charge in [-0.3, -0.25) is 4.90 Å². The fourth-order valence-electron chi connectivity index (χ4n) is 3.21. The SMILES string of the molecule is CCC1CN(C)CCCN1Cc1cc2c(cc1O)OCO2. The molecule has 0 aliphatic carbocycles. The maximum atomic E-state index is 10.2. The summed E-state index contributed by atoms with van der Waals surface area (Å²) in [7, 11) is 2.18. The molecule has 0 radical (unpaired) electrons. The minimum atomic E-state index is 0.240. The molecule has 1 unspecified atom stereocenters. The zero-order valence-electron chi connectivity index (χ0n) is 12.8. The molecule has 21 heavy (non-hydrogen) atoms. The van der Waals surface area contributed by atoms with Crippen LogP contribution < -0.4 is 9.47 Å². The van der Waals surface area contributed by atoms with Crippen molar-refractivity contribution in [3.05, 3.63) is 17.7 Å². The molecule has 3 rings (SSSR count). The minimum absolute atomic E-state index is 0.240. The maximum Gasteiger partial charge on any atom is 0.231 e. The van der Waals surface area contributed by atoms with Crippen molar-refractivity contribution in [3.63, 3.8) is 0 Å². The summed E-state index contributed by atoms with van der Waals surface area (Å²) >= 11 is 0. The van der Waals surface area contributed by atoms with Gasteiger partial charge in [0, 0.05) is 37.3 Å². The number of benzene rings is 1. The lowest BCUT2D eigenvalue weighted by Crippen LogP contribution is -2.39. The zero-order chi connectivity index (χ0) is 14.8. The van der Waals surface area contributed by atoms with Gasteiger partial charge in [-0.2, -0.15) is 0 Å². The van der Waals surface area contributed by atoms with E-state index in [0.29, 0.717) is 17.5 Å². The lowest BCUT2D eigenvalue weighted by molar-refractivity contribution is 0.172. The van der Waals surface area contributed by atoms with Gasteiger partial charge >= 0.3 is 0 Å². The van der Waals surface area contributed by atoms with Crippen molar-refractivity contribution < 1.29 is 14.6 Å². The van der Waals surface area contributed by atoms with Crippen molar-refractivity contribution in [2.45, 2.75) is 32.4 Å². The molecule has 0 aromatic heterocycles. The predicted molar refractivity (Wildman–Crippen MR) is 80.8 cm³/mol. The Hall–Kier alpha value is -1.46. The van der Waals surface area contributed by atoms with E-state index in [1.54, 1.807) is 6.07 Å². The summed E-state index contributed by atoms with van der Waals surface area (Å²) in [5.74, 6) is 1.67. The third kappa shape index (κ3) is 3.09. The molecule has 2 heterocycles.